The summed E-state index contributed by atoms with van der Waals surface area (Å²) >= 11 is 0. The number of aromatic nitrogens is 1. The lowest BCUT2D eigenvalue weighted by Crippen LogP contribution is -2.15. The summed E-state index contributed by atoms with van der Waals surface area (Å²) in [4.78, 5) is 0. The topological polar surface area (TPSA) is 95.4 Å². The van der Waals surface area contributed by atoms with Crippen molar-refractivity contribution in [3.63, 3.8) is 0 Å². The fourth-order valence-corrected chi connectivity index (χ4v) is 0.894. The molecule has 0 bridgehead atoms. The standard InChI is InChI=1S/C5H8N2O4S/c1-4-5(2-7-11-4)3-10-12(6,8)9/h2H,3H2,1H3,(H2,6,8,9). The van der Waals surface area contributed by atoms with Crippen LogP contribution >= 0.6 is 0 Å². The predicted molar refractivity (Wildman–Crippen MR) is 39.1 cm³/mol. The largest absolute Gasteiger partial charge is 0.361 e. The lowest BCUT2D eigenvalue weighted by atomic mass is 10.3. The van der Waals surface area contributed by atoms with E-state index in [1.807, 2.05) is 0 Å². The van der Waals surface area contributed by atoms with Gasteiger partial charge in [-0.2, -0.15) is 8.42 Å². The summed E-state index contributed by atoms with van der Waals surface area (Å²) in [6.07, 6.45) is 1.38. The highest BCUT2D eigenvalue weighted by Gasteiger charge is 2.07. The number of rotatable bonds is 3. The van der Waals surface area contributed by atoms with E-state index in [1.54, 1.807) is 6.92 Å². The van der Waals surface area contributed by atoms with Crippen LogP contribution in [0.3, 0.4) is 0 Å². The van der Waals surface area contributed by atoms with Gasteiger partial charge in [0.15, 0.2) is 0 Å². The highest BCUT2D eigenvalue weighted by atomic mass is 32.2. The van der Waals surface area contributed by atoms with Crippen molar-refractivity contribution in [3.05, 3.63) is 17.5 Å². The van der Waals surface area contributed by atoms with Crippen LogP contribution in [-0.2, 0) is 21.1 Å². The Labute approximate surface area is 69.5 Å². The summed E-state index contributed by atoms with van der Waals surface area (Å²) in [5.74, 6) is 0.513. The maximum atomic E-state index is 10.3. The lowest BCUT2D eigenvalue weighted by Gasteiger charge is -1.96. The molecule has 7 heteroatoms. The van der Waals surface area contributed by atoms with Crippen molar-refractivity contribution in [2.45, 2.75) is 13.5 Å². The predicted octanol–water partition coefficient (Wildman–Crippen LogP) is -0.297. The Balaban J connectivity index is 2.61. The van der Waals surface area contributed by atoms with Crippen LogP contribution in [-0.4, -0.2) is 13.6 Å². The molecule has 0 unspecified atom stereocenters. The van der Waals surface area contributed by atoms with Gasteiger partial charge in [0, 0.05) is 5.56 Å². The first kappa shape index (κ1) is 9.17. The minimum Gasteiger partial charge on any atom is -0.361 e. The second kappa shape index (κ2) is 3.21. The molecule has 0 amide bonds. The quantitative estimate of drug-likeness (QED) is 0.709. The molecule has 0 saturated heterocycles. The first-order chi connectivity index (χ1) is 5.49. The molecule has 0 saturated carbocycles. The number of nitrogens with zero attached hydrogens (tertiary/aromatic N) is 1. The average Bonchev–Trinajstić information content (AvgIpc) is 2.29. The molecule has 2 N–H and O–H groups in total. The van der Waals surface area contributed by atoms with E-state index in [4.69, 9.17) is 0 Å². The van der Waals surface area contributed by atoms with Gasteiger partial charge in [-0.25, -0.2) is 5.14 Å². The molecule has 1 aromatic heterocycles. The van der Waals surface area contributed by atoms with E-state index < -0.39 is 10.3 Å². The Morgan fingerprint density at radius 1 is 1.75 bits per heavy atom. The zero-order valence-electron chi connectivity index (χ0n) is 6.35. The van der Waals surface area contributed by atoms with E-state index in [0.717, 1.165) is 0 Å². The third-order valence-electron chi connectivity index (χ3n) is 1.23. The van der Waals surface area contributed by atoms with E-state index in [1.165, 1.54) is 6.20 Å². The molecule has 1 heterocycles. The molecule has 1 rings (SSSR count). The van der Waals surface area contributed by atoms with Crippen molar-refractivity contribution in [1.29, 1.82) is 0 Å². The van der Waals surface area contributed by atoms with Crippen LogP contribution in [0.5, 0.6) is 0 Å². The van der Waals surface area contributed by atoms with Gasteiger partial charge < -0.3 is 4.52 Å². The van der Waals surface area contributed by atoms with E-state index in [9.17, 15) is 8.42 Å². The molecule has 12 heavy (non-hydrogen) atoms. The molecule has 1 aromatic rings. The monoisotopic (exact) mass is 192 g/mol. The molecule has 0 aliphatic rings. The molecule has 0 spiro atoms. The van der Waals surface area contributed by atoms with Crippen molar-refractivity contribution in [3.8, 4) is 0 Å². The Bertz CT molecular complexity index is 355. The fourth-order valence-electron chi connectivity index (χ4n) is 0.603. The first-order valence-electron chi connectivity index (χ1n) is 3.06. The first-order valence-corrected chi connectivity index (χ1v) is 4.53. The zero-order chi connectivity index (χ0) is 9.19. The molecular weight excluding hydrogens is 184 g/mol. The molecule has 0 aliphatic carbocycles. The third kappa shape index (κ3) is 2.61. The van der Waals surface area contributed by atoms with Crippen LogP contribution in [0.2, 0.25) is 0 Å². The van der Waals surface area contributed by atoms with Gasteiger partial charge in [-0.3, -0.25) is 4.18 Å². The summed E-state index contributed by atoms with van der Waals surface area (Å²) in [7, 11) is -3.89. The molecule has 68 valence electrons. The van der Waals surface area contributed by atoms with Gasteiger partial charge in [-0.15, -0.1) is 0 Å². The number of nitrogens with two attached hydrogens (primary N) is 1. The van der Waals surface area contributed by atoms with Gasteiger partial charge in [-0.05, 0) is 6.92 Å². The Morgan fingerprint density at radius 2 is 2.42 bits per heavy atom. The van der Waals surface area contributed by atoms with Crippen molar-refractivity contribution in [2.24, 2.45) is 5.14 Å². The van der Waals surface area contributed by atoms with E-state index >= 15 is 0 Å². The van der Waals surface area contributed by atoms with Crippen LogP contribution in [0, 0.1) is 6.92 Å². The Hall–Kier alpha value is -0.920. The van der Waals surface area contributed by atoms with E-state index in [-0.39, 0.29) is 6.61 Å². The summed E-state index contributed by atoms with van der Waals surface area (Å²) in [6, 6.07) is 0. The lowest BCUT2D eigenvalue weighted by molar-refractivity contribution is 0.305. The van der Waals surface area contributed by atoms with Gasteiger partial charge >= 0.3 is 10.3 Å². The summed E-state index contributed by atoms with van der Waals surface area (Å²) in [6.45, 7) is 1.50. The molecule has 0 aromatic carbocycles. The van der Waals surface area contributed by atoms with E-state index in [2.05, 4.69) is 19.0 Å². The second-order valence-corrected chi connectivity index (χ2v) is 3.38. The van der Waals surface area contributed by atoms with Gasteiger partial charge in [-0.1, -0.05) is 5.16 Å². The summed E-state index contributed by atoms with van der Waals surface area (Å²) in [5.41, 5.74) is 0.559. The molecule has 0 radical (unpaired) electrons. The molecule has 0 aliphatic heterocycles. The van der Waals surface area contributed by atoms with Gasteiger partial charge in [0.1, 0.15) is 5.76 Å². The van der Waals surface area contributed by atoms with Crippen LogP contribution in [0.4, 0.5) is 0 Å². The normalized spacial score (nSPS) is 11.8. The van der Waals surface area contributed by atoms with E-state index in [0.29, 0.717) is 11.3 Å². The number of hydrogen-bond donors (Lipinski definition) is 1. The van der Waals surface area contributed by atoms with Gasteiger partial charge in [0.2, 0.25) is 0 Å². The summed E-state index contributed by atoms with van der Waals surface area (Å²) < 4.78 is 29.7. The summed E-state index contributed by atoms with van der Waals surface area (Å²) in [5, 5.41) is 8.03. The number of aryl methyl sites for hydroxylation is 1. The molecule has 0 fully saturated rings. The SMILES string of the molecule is Cc1oncc1COS(N)(=O)=O. The molecule has 6 nitrogen and oxygen atoms in total. The van der Waals surface area contributed by atoms with Crippen LogP contribution in [0.15, 0.2) is 10.7 Å². The molecule has 0 atom stereocenters. The van der Waals surface area contributed by atoms with Crippen molar-refractivity contribution in [2.75, 3.05) is 0 Å². The second-order valence-electron chi connectivity index (χ2n) is 2.16. The minimum absolute atomic E-state index is 0.145. The Morgan fingerprint density at radius 3 is 2.83 bits per heavy atom. The highest BCUT2D eigenvalue weighted by molar-refractivity contribution is 7.84. The fraction of sp³-hybridized carbons (Fsp3) is 0.400. The zero-order valence-corrected chi connectivity index (χ0v) is 7.17. The van der Waals surface area contributed by atoms with Gasteiger partial charge in [0.05, 0.1) is 12.8 Å². The minimum atomic E-state index is -3.89. The third-order valence-corrected chi connectivity index (χ3v) is 1.68. The smallest absolute Gasteiger partial charge is 0.333 e. The van der Waals surface area contributed by atoms with Crippen LogP contribution < -0.4 is 5.14 Å². The highest BCUT2D eigenvalue weighted by Crippen LogP contribution is 2.07. The number of hydrogen-bond acceptors (Lipinski definition) is 5. The van der Waals surface area contributed by atoms with Crippen molar-refractivity contribution < 1.29 is 17.1 Å². The average molecular weight is 192 g/mol. The van der Waals surface area contributed by atoms with Crippen LogP contribution in [0.1, 0.15) is 11.3 Å². The van der Waals surface area contributed by atoms with Crippen molar-refractivity contribution >= 4 is 10.3 Å². The maximum absolute atomic E-state index is 10.3. The van der Waals surface area contributed by atoms with Gasteiger partial charge in [0.25, 0.3) is 0 Å². The molecular formula is C5H8N2O4S. The Kier molecular flexibility index (Phi) is 2.46. The maximum Gasteiger partial charge on any atom is 0.333 e. The van der Waals surface area contributed by atoms with Crippen LogP contribution in [0.25, 0.3) is 0 Å². The van der Waals surface area contributed by atoms with Crippen molar-refractivity contribution in [1.82, 2.24) is 5.16 Å².